The molecular weight excluding hydrogens is 371 g/mol. The Morgan fingerprint density at radius 2 is 1.93 bits per heavy atom. The summed E-state index contributed by atoms with van der Waals surface area (Å²) in [6.07, 6.45) is 7.99. The van der Waals surface area contributed by atoms with Crippen LogP contribution in [0, 0.1) is 34.5 Å². The maximum absolute atomic E-state index is 17.4. The van der Waals surface area contributed by atoms with Gasteiger partial charge in [0, 0.05) is 10.8 Å². The first-order valence-corrected chi connectivity index (χ1v) is 11.0. The standard InChI is InChI=1S/C24H33FO4/c1-14-10-19-18-7-5-6-16-11-17(27)8-9-21(16,3)23(18,25)15(2)12-22(19,4)24(14,29)20(28)13-26/h8-9,11,14-15,18-19,26,29H,5-7,10,12-13H2,1-4H3/t14-,15-,18+,19-,21-,22-,23+,24-/m0/s1. The Kier molecular flexibility index (Phi) is 4.57. The smallest absolute Gasteiger partial charge is 0.190 e. The first-order chi connectivity index (χ1) is 13.5. The van der Waals surface area contributed by atoms with Crippen molar-refractivity contribution in [3.8, 4) is 0 Å². The lowest BCUT2D eigenvalue weighted by atomic mass is 9.46. The van der Waals surface area contributed by atoms with E-state index in [0.29, 0.717) is 25.7 Å². The zero-order valence-electron chi connectivity index (χ0n) is 17.9. The van der Waals surface area contributed by atoms with Crippen molar-refractivity contribution in [3.05, 3.63) is 23.8 Å². The fraction of sp³-hybridized carbons (Fsp3) is 0.750. The Morgan fingerprint density at radius 1 is 1.24 bits per heavy atom. The molecule has 160 valence electrons. The van der Waals surface area contributed by atoms with E-state index in [0.717, 1.165) is 12.0 Å². The van der Waals surface area contributed by atoms with Gasteiger partial charge in [-0.2, -0.15) is 0 Å². The topological polar surface area (TPSA) is 74.6 Å². The quantitative estimate of drug-likeness (QED) is 0.738. The van der Waals surface area contributed by atoms with Gasteiger partial charge >= 0.3 is 0 Å². The Morgan fingerprint density at radius 3 is 2.59 bits per heavy atom. The van der Waals surface area contributed by atoms with Crippen molar-refractivity contribution in [2.75, 3.05) is 6.61 Å². The van der Waals surface area contributed by atoms with E-state index in [9.17, 15) is 19.8 Å². The van der Waals surface area contributed by atoms with Crippen molar-refractivity contribution < 1.29 is 24.2 Å². The van der Waals surface area contributed by atoms with Crippen LogP contribution in [0.3, 0.4) is 0 Å². The number of alkyl halides is 1. The second-order valence-electron chi connectivity index (χ2n) is 10.5. The van der Waals surface area contributed by atoms with Crippen LogP contribution >= 0.6 is 0 Å². The molecule has 4 nitrogen and oxygen atoms in total. The van der Waals surface area contributed by atoms with E-state index in [1.807, 2.05) is 27.7 Å². The zero-order chi connectivity index (χ0) is 21.4. The highest BCUT2D eigenvalue weighted by molar-refractivity contribution is 6.01. The van der Waals surface area contributed by atoms with Gasteiger partial charge in [-0.15, -0.1) is 0 Å². The van der Waals surface area contributed by atoms with Crippen LogP contribution in [0.5, 0.6) is 0 Å². The third-order valence-corrected chi connectivity index (χ3v) is 9.37. The molecule has 4 aliphatic carbocycles. The molecular formula is C24H33FO4. The summed E-state index contributed by atoms with van der Waals surface area (Å²) >= 11 is 0. The van der Waals surface area contributed by atoms with E-state index in [1.165, 1.54) is 6.08 Å². The predicted octanol–water partition coefficient (Wildman–Crippen LogP) is 3.56. The van der Waals surface area contributed by atoms with Crippen LogP contribution in [-0.2, 0) is 9.59 Å². The van der Waals surface area contributed by atoms with E-state index in [4.69, 9.17) is 0 Å². The number of hydrogen-bond acceptors (Lipinski definition) is 4. The summed E-state index contributed by atoms with van der Waals surface area (Å²) in [4.78, 5) is 24.7. The third-order valence-electron chi connectivity index (χ3n) is 9.37. The van der Waals surface area contributed by atoms with Crippen molar-refractivity contribution in [1.82, 2.24) is 0 Å². The SMILES string of the molecule is C[C@H]1C[C@@]2(C)[C@@H](C[C@H](C)[C@]2(O)C(=O)CO)[C@H]2CCCC3=CC(=O)C=C[C@]3(C)[C@]21F. The molecule has 0 spiro atoms. The second kappa shape index (κ2) is 6.34. The number of fused-ring (bicyclic) bond motifs is 5. The fourth-order valence-corrected chi connectivity index (χ4v) is 7.98. The number of aliphatic hydroxyl groups excluding tert-OH is 1. The molecule has 0 aromatic carbocycles. The minimum absolute atomic E-state index is 0.0785. The summed E-state index contributed by atoms with van der Waals surface area (Å²) in [6, 6.07) is 0. The van der Waals surface area contributed by atoms with Crippen molar-refractivity contribution in [1.29, 1.82) is 0 Å². The Hall–Kier alpha value is -1.33. The second-order valence-corrected chi connectivity index (χ2v) is 10.5. The molecule has 0 saturated heterocycles. The number of aliphatic hydroxyl groups is 2. The molecule has 29 heavy (non-hydrogen) atoms. The van der Waals surface area contributed by atoms with Gasteiger partial charge in [-0.3, -0.25) is 9.59 Å². The number of allylic oxidation sites excluding steroid dienone is 4. The van der Waals surface area contributed by atoms with Crippen LogP contribution in [0.25, 0.3) is 0 Å². The van der Waals surface area contributed by atoms with Gasteiger partial charge in [-0.05, 0) is 74.9 Å². The summed E-state index contributed by atoms with van der Waals surface area (Å²) in [5.74, 6) is -1.82. The summed E-state index contributed by atoms with van der Waals surface area (Å²) in [7, 11) is 0. The summed E-state index contributed by atoms with van der Waals surface area (Å²) < 4.78 is 17.4. The van der Waals surface area contributed by atoms with Crippen molar-refractivity contribution in [2.45, 2.75) is 71.1 Å². The Bertz CT molecular complexity index is 818. The maximum Gasteiger partial charge on any atom is 0.190 e. The van der Waals surface area contributed by atoms with Gasteiger partial charge in [0.2, 0.25) is 0 Å². The summed E-state index contributed by atoms with van der Waals surface area (Å²) in [5.41, 5.74) is -3.94. The van der Waals surface area contributed by atoms with Gasteiger partial charge in [-0.1, -0.05) is 32.4 Å². The molecule has 8 atom stereocenters. The number of hydrogen-bond donors (Lipinski definition) is 2. The molecule has 0 heterocycles. The van der Waals surface area contributed by atoms with Crippen LogP contribution in [0.2, 0.25) is 0 Å². The molecule has 0 aromatic rings. The minimum Gasteiger partial charge on any atom is -0.388 e. The largest absolute Gasteiger partial charge is 0.388 e. The highest BCUT2D eigenvalue weighted by Gasteiger charge is 2.74. The van der Waals surface area contributed by atoms with Crippen LogP contribution in [-0.4, -0.2) is 39.7 Å². The molecule has 2 N–H and O–H groups in total. The molecule has 5 heteroatoms. The maximum atomic E-state index is 17.4. The summed E-state index contributed by atoms with van der Waals surface area (Å²) in [6.45, 7) is 6.89. The van der Waals surface area contributed by atoms with E-state index in [-0.39, 0.29) is 23.5 Å². The van der Waals surface area contributed by atoms with E-state index in [2.05, 4.69) is 0 Å². The van der Waals surface area contributed by atoms with E-state index in [1.54, 1.807) is 12.2 Å². The van der Waals surface area contributed by atoms with Crippen LogP contribution in [0.1, 0.15) is 59.8 Å². The highest BCUT2D eigenvalue weighted by atomic mass is 19.1. The van der Waals surface area contributed by atoms with Gasteiger partial charge in [0.1, 0.15) is 17.9 Å². The normalized spacial score (nSPS) is 51.6. The number of Topliss-reactive ketones (excluding diaryl/α,β-unsaturated/α-hetero) is 1. The van der Waals surface area contributed by atoms with Gasteiger partial charge in [0.05, 0.1) is 0 Å². The third kappa shape index (κ3) is 2.32. The van der Waals surface area contributed by atoms with Gasteiger partial charge < -0.3 is 10.2 Å². The number of carbonyl (C=O) groups excluding carboxylic acids is 2. The molecule has 4 rings (SSSR count). The zero-order valence-corrected chi connectivity index (χ0v) is 17.9. The number of ketones is 2. The molecule has 0 bridgehead atoms. The van der Waals surface area contributed by atoms with Gasteiger partial charge in [-0.25, -0.2) is 4.39 Å². The molecule has 0 amide bonds. The lowest BCUT2D eigenvalue weighted by molar-refractivity contribution is -0.192. The van der Waals surface area contributed by atoms with Crippen LogP contribution in [0.4, 0.5) is 4.39 Å². The molecule has 0 aliphatic heterocycles. The van der Waals surface area contributed by atoms with E-state index < -0.39 is 40.4 Å². The van der Waals surface area contributed by atoms with Crippen LogP contribution in [0.15, 0.2) is 23.8 Å². The molecule has 0 radical (unpaired) electrons. The van der Waals surface area contributed by atoms with Crippen molar-refractivity contribution in [2.24, 2.45) is 34.5 Å². The predicted molar refractivity (Wildman–Crippen MR) is 108 cm³/mol. The monoisotopic (exact) mass is 404 g/mol. The van der Waals surface area contributed by atoms with E-state index >= 15 is 4.39 Å². The van der Waals surface area contributed by atoms with Crippen molar-refractivity contribution in [3.63, 3.8) is 0 Å². The summed E-state index contributed by atoms with van der Waals surface area (Å²) in [5, 5.41) is 21.1. The molecule has 3 saturated carbocycles. The molecule has 0 aromatic heterocycles. The number of halogens is 1. The fourth-order valence-electron chi connectivity index (χ4n) is 7.98. The van der Waals surface area contributed by atoms with Crippen molar-refractivity contribution >= 4 is 11.6 Å². The number of carbonyl (C=O) groups is 2. The minimum atomic E-state index is -1.63. The Labute approximate surface area is 172 Å². The highest BCUT2D eigenvalue weighted by Crippen LogP contribution is 2.71. The first kappa shape index (κ1) is 20.9. The van der Waals surface area contributed by atoms with Crippen LogP contribution < -0.4 is 0 Å². The molecule has 3 fully saturated rings. The lowest BCUT2D eigenvalue weighted by Gasteiger charge is -2.60. The van der Waals surface area contributed by atoms with Gasteiger partial charge in [0.25, 0.3) is 0 Å². The lowest BCUT2D eigenvalue weighted by Crippen LogP contribution is -2.65. The molecule has 0 unspecified atom stereocenters. The molecule has 4 aliphatic rings. The average molecular weight is 405 g/mol. The number of rotatable bonds is 2. The van der Waals surface area contributed by atoms with Gasteiger partial charge in [0.15, 0.2) is 11.6 Å². The Balaban J connectivity index is 1.87. The first-order valence-electron chi connectivity index (χ1n) is 11.0. The average Bonchev–Trinajstić information content (AvgIpc) is 2.80.